The van der Waals surface area contributed by atoms with E-state index in [9.17, 15) is 0 Å². The number of nitrogens with one attached hydrogen (secondary N) is 1. The number of methoxy groups -OCH3 is 2. The average molecular weight is 353 g/mol. The van der Waals surface area contributed by atoms with Gasteiger partial charge in [-0.1, -0.05) is 30.3 Å². The van der Waals surface area contributed by atoms with Crippen LogP contribution >= 0.6 is 0 Å². The summed E-state index contributed by atoms with van der Waals surface area (Å²) in [7, 11) is 3.25. The Kier molecular flexibility index (Phi) is 5.35. The molecule has 0 aromatic heterocycles. The Morgan fingerprint density at radius 3 is 2.50 bits per heavy atom. The van der Waals surface area contributed by atoms with Crippen LogP contribution in [0.1, 0.15) is 29.5 Å². The molecule has 1 aliphatic rings. The fourth-order valence-electron chi connectivity index (χ4n) is 3.33. The Balaban J connectivity index is 1.60. The predicted octanol–water partition coefficient (Wildman–Crippen LogP) is 3.15. The van der Waals surface area contributed by atoms with Gasteiger partial charge >= 0.3 is 0 Å². The van der Waals surface area contributed by atoms with Gasteiger partial charge in [0.1, 0.15) is 0 Å². The molecule has 0 saturated heterocycles. The van der Waals surface area contributed by atoms with E-state index < -0.39 is 0 Å². The lowest BCUT2D eigenvalue weighted by Gasteiger charge is -2.19. The topological polar surface area (TPSA) is 68.9 Å². The van der Waals surface area contributed by atoms with E-state index in [0.717, 1.165) is 12.1 Å². The van der Waals surface area contributed by atoms with Crippen molar-refractivity contribution in [3.05, 3.63) is 59.2 Å². The highest BCUT2D eigenvalue weighted by atomic mass is 16.5. The number of aliphatic imine (C=N–C) groups is 1. The van der Waals surface area contributed by atoms with E-state index in [1.165, 1.54) is 24.0 Å². The van der Waals surface area contributed by atoms with Crippen LogP contribution in [0, 0.1) is 6.92 Å². The van der Waals surface area contributed by atoms with Gasteiger partial charge in [-0.2, -0.15) is 0 Å². The molecule has 5 nitrogen and oxygen atoms in total. The summed E-state index contributed by atoms with van der Waals surface area (Å²) in [4.78, 5) is 4.46. The molecule has 0 amide bonds. The van der Waals surface area contributed by atoms with Crippen LogP contribution < -0.4 is 20.5 Å². The third kappa shape index (κ3) is 3.93. The molecule has 138 valence electrons. The molecule has 1 aliphatic carbocycles. The zero-order valence-corrected chi connectivity index (χ0v) is 15.7. The summed E-state index contributed by atoms with van der Waals surface area (Å²) >= 11 is 0. The molecule has 0 bridgehead atoms. The van der Waals surface area contributed by atoms with Gasteiger partial charge in [0.2, 0.25) is 0 Å². The Morgan fingerprint density at radius 1 is 1.12 bits per heavy atom. The zero-order chi connectivity index (χ0) is 18.6. The maximum atomic E-state index is 6.08. The first-order valence-corrected chi connectivity index (χ1v) is 8.89. The summed E-state index contributed by atoms with van der Waals surface area (Å²) in [5, 5.41) is 3.30. The van der Waals surface area contributed by atoms with Gasteiger partial charge in [0.05, 0.1) is 20.8 Å². The maximum Gasteiger partial charge on any atom is 0.188 e. The van der Waals surface area contributed by atoms with Crippen molar-refractivity contribution in [2.75, 3.05) is 20.8 Å². The van der Waals surface area contributed by atoms with Gasteiger partial charge < -0.3 is 20.5 Å². The lowest BCUT2D eigenvalue weighted by molar-refractivity contribution is 0.354. The number of hydrogen-bond donors (Lipinski definition) is 2. The zero-order valence-electron chi connectivity index (χ0n) is 15.7. The molecule has 0 heterocycles. The highest BCUT2D eigenvalue weighted by Crippen LogP contribution is 2.48. The molecular weight excluding hydrogens is 326 g/mol. The lowest BCUT2D eigenvalue weighted by atomic mass is 9.92. The number of nitrogens with two attached hydrogens (primary N) is 1. The number of guanidine groups is 1. The minimum absolute atomic E-state index is 0.203. The summed E-state index contributed by atoms with van der Waals surface area (Å²) < 4.78 is 10.6. The van der Waals surface area contributed by atoms with Crippen molar-refractivity contribution in [2.24, 2.45) is 10.7 Å². The van der Waals surface area contributed by atoms with Gasteiger partial charge in [-0.25, -0.2) is 4.99 Å². The molecule has 26 heavy (non-hydrogen) atoms. The minimum atomic E-state index is 0.203. The lowest BCUT2D eigenvalue weighted by Crippen LogP contribution is -2.37. The number of nitrogens with zero attached hydrogens (tertiary/aromatic N) is 1. The fourth-order valence-corrected chi connectivity index (χ4v) is 3.33. The summed E-state index contributed by atoms with van der Waals surface area (Å²) in [6, 6.07) is 14.4. The Hall–Kier alpha value is -2.69. The third-order valence-electron chi connectivity index (χ3n) is 5.06. The molecule has 0 atom stereocenters. The normalized spacial score (nSPS) is 15.4. The summed E-state index contributed by atoms with van der Waals surface area (Å²) in [5.74, 6) is 1.88. The van der Waals surface area contributed by atoms with Gasteiger partial charge in [0.15, 0.2) is 17.5 Å². The van der Waals surface area contributed by atoms with Crippen LogP contribution in [-0.4, -0.2) is 26.7 Å². The van der Waals surface area contributed by atoms with E-state index in [2.05, 4.69) is 41.5 Å². The van der Waals surface area contributed by atoms with Crippen LogP contribution in [0.5, 0.6) is 11.5 Å². The monoisotopic (exact) mass is 353 g/mol. The summed E-state index contributed by atoms with van der Waals surface area (Å²) in [6.07, 6.45) is 2.38. The second-order valence-corrected chi connectivity index (χ2v) is 6.84. The van der Waals surface area contributed by atoms with Crippen LogP contribution in [0.4, 0.5) is 0 Å². The number of hydrogen-bond acceptors (Lipinski definition) is 3. The SMILES string of the molecule is COc1ccc(CN=C(N)NCC2(c3ccccc3C)CC2)cc1OC. The highest BCUT2D eigenvalue weighted by Gasteiger charge is 2.44. The van der Waals surface area contributed by atoms with Crippen molar-refractivity contribution in [1.29, 1.82) is 0 Å². The Bertz CT molecular complexity index is 798. The van der Waals surface area contributed by atoms with E-state index in [0.29, 0.717) is 24.0 Å². The quantitative estimate of drug-likeness (QED) is 0.593. The van der Waals surface area contributed by atoms with E-state index in [-0.39, 0.29) is 5.41 Å². The van der Waals surface area contributed by atoms with Crippen molar-refractivity contribution in [3.8, 4) is 11.5 Å². The fraction of sp³-hybridized carbons (Fsp3) is 0.381. The molecule has 1 fully saturated rings. The largest absolute Gasteiger partial charge is 0.493 e. The van der Waals surface area contributed by atoms with Crippen molar-refractivity contribution in [3.63, 3.8) is 0 Å². The number of rotatable bonds is 7. The summed E-state index contributed by atoms with van der Waals surface area (Å²) in [6.45, 7) is 3.49. The molecule has 3 N–H and O–H groups in total. The molecular formula is C21H27N3O2. The van der Waals surface area contributed by atoms with Gasteiger partial charge in [-0.15, -0.1) is 0 Å². The van der Waals surface area contributed by atoms with Crippen molar-refractivity contribution < 1.29 is 9.47 Å². The van der Waals surface area contributed by atoms with E-state index in [4.69, 9.17) is 15.2 Å². The van der Waals surface area contributed by atoms with Gasteiger partial charge in [0, 0.05) is 12.0 Å². The van der Waals surface area contributed by atoms with Gasteiger partial charge in [-0.3, -0.25) is 0 Å². The smallest absolute Gasteiger partial charge is 0.188 e. The van der Waals surface area contributed by atoms with Crippen molar-refractivity contribution in [2.45, 2.75) is 31.7 Å². The van der Waals surface area contributed by atoms with Gasteiger partial charge in [-0.05, 0) is 48.6 Å². The summed E-state index contributed by atoms with van der Waals surface area (Å²) in [5.41, 5.74) is 10.1. The minimum Gasteiger partial charge on any atom is -0.493 e. The van der Waals surface area contributed by atoms with Gasteiger partial charge in [0.25, 0.3) is 0 Å². The van der Waals surface area contributed by atoms with Crippen LogP contribution in [-0.2, 0) is 12.0 Å². The van der Waals surface area contributed by atoms with E-state index in [1.807, 2.05) is 18.2 Å². The maximum absolute atomic E-state index is 6.08. The number of ether oxygens (including phenoxy) is 2. The first-order valence-electron chi connectivity index (χ1n) is 8.89. The van der Waals surface area contributed by atoms with Crippen molar-refractivity contribution in [1.82, 2.24) is 5.32 Å². The first kappa shape index (κ1) is 18.1. The van der Waals surface area contributed by atoms with E-state index >= 15 is 0 Å². The molecule has 2 aromatic rings. The van der Waals surface area contributed by atoms with Crippen LogP contribution in [0.2, 0.25) is 0 Å². The third-order valence-corrected chi connectivity index (χ3v) is 5.06. The van der Waals surface area contributed by atoms with Crippen molar-refractivity contribution >= 4 is 5.96 Å². The molecule has 5 heteroatoms. The molecule has 0 unspecified atom stereocenters. The molecule has 0 aliphatic heterocycles. The van der Waals surface area contributed by atoms with E-state index in [1.54, 1.807) is 14.2 Å². The number of aryl methyl sites for hydroxylation is 1. The average Bonchev–Trinajstić information content (AvgIpc) is 3.45. The molecule has 0 radical (unpaired) electrons. The Morgan fingerprint density at radius 2 is 1.85 bits per heavy atom. The standard InChI is InChI=1S/C21H27N3O2/c1-15-6-4-5-7-17(15)21(10-11-21)14-24-20(22)23-13-16-8-9-18(25-2)19(12-16)26-3/h4-9,12H,10-11,13-14H2,1-3H3,(H3,22,23,24). The number of benzene rings is 2. The van der Waals surface area contributed by atoms with Crippen LogP contribution in [0.3, 0.4) is 0 Å². The molecule has 0 spiro atoms. The second-order valence-electron chi connectivity index (χ2n) is 6.84. The second kappa shape index (κ2) is 7.68. The van der Waals surface area contributed by atoms with Crippen LogP contribution in [0.15, 0.2) is 47.5 Å². The molecule has 1 saturated carbocycles. The van der Waals surface area contributed by atoms with Crippen LogP contribution in [0.25, 0.3) is 0 Å². The predicted molar refractivity (Wildman–Crippen MR) is 105 cm³/mol. The Labute approximate surface area is 155 Å². The highest BCUT2D eigenvalue weighted by molar-refractivity contribution is 5.78. The first-order chi connectivity index (χ1) is 12.6. The molecule has 3 rings (SSSR count). The molecule has 2 aromatic carbocycles.